The Hall–Kier alpha value is -1.47. The number of carbonyl (C=O) groups is 1. The zero-order valence-electron chi connectivity index (χ0n) is 11.7. The first kappa shape index (κ1) is 16.9. The van der Waals surface area contributed by atoms with Crippen LogP contribution in [-0.2, 0) is 11.3 Å². The largest absolute Gasteiger partial charge is 0.497 e. The summed E-state index contributed by atoms with van der Waals surface area (Å²) in [5, 5.41) is 9.36. The highest BCUT2D eigenvalue weighted by Gasteiger charge is 2.52. The lowest BCUT2D eigenvalue weighted by atomic mass is 9.96. The Morgan fingerprint density at radius 1 is 1.45 bits per heavy atom. The molecule has 8 heteroatoms. The van der Waals surface area contributed by atoms with Gasteiger partial charge in [-0.25, -0.2) is 0 Å². The van der Waals surface area contributed by atoms with Gasteiger partial charge in [0, 0.05) is 24.7 Å². The molecule has 1 aliphatic rings. The van der Waals surface area contributed by atoms with Crippen LogP contribution in [0.1, 0.15) is 5.56 Å². The molecule has 0 amide bonds. The Bertz CT molecular complexity index is 565. The lowest BCUT2D eigenvalue weighted by molar-refractivity contribution is -0.188. The maximum absolute atomic E-state index is 12.9. The molecule has 22 heavy (non-hydrogen) atoms. The van der Waals surface area contributed by atoms with E-state index < -0.39 is 24.0 Å². The smallest absolute Gasteiger partial charge is 0.393 e. The molecule has 0 aliphatic carbocycles. The number of likely N-dealkylation sites (tertiary alicyclic amines) is 1. The lowest BCUT2D eigenvalue weighted by Gasteiger charge is -2.18. The standard InChI is InChI=1S/C14H15ClF3NO3/c1-22-9-3-2-8(12(15)4-9)5-19-6-10(13(20)21)11(7-19)14(16,17)18/h2-4,10-11H,5-7H2,1H3,(H,20,21)/t10-,11-/m1/s1. The van der Waals surface area contributed by atoms with Gasteiger partial charge in [0.05, 0.1) is 18.9 Å². The molecule has 1 N–H and O–H groups in total. The summed E-state index contributed by atoms with van der Waals surface area (Å²) in [5.74, 6) is -4.18. The van der Waals surface area contributed by atoms with Crippen molar-refractivity contribution >= 4 is 17.6 Å². The van der Waals surface area contributed by atoms with E-state index in [0.717, 1.165) is 0 Å². The molecule has 0 aromatic heterocycles. The van der Waals surface area contributed by atoms with Crippen LogP contribution in [0, 0.1) is 11.8 Å². The Morgan fingerprint density at radius 3 is 2.59 bits per heavy atom. The molecule has 1 fully saturated rings. The number of nitrogens with zero attached hydrogens (tertiary/aromatic N) is 1. The predicted octanol–water partition coefficient (Wildman–Crippen LogP) is 3.04. The number of methoxy groups -OCH3 is 1. The fraction of sp³-hybridized carbons (Fsp3) is 0.500. The van der Waals surface area contributed by atoms with Crippen molar-refractivity contribution in [2.75, 3.05) is 20.2 Å². The molecule has 0 spiro atoms. The summed E-state index contributed by atoms with van der Waals surface area (Å²) in [6.45, 7) is -0.329. The molecule has 0 radical (unpaired) electrons. The van der Waals surface area contributed by atoms with Crippen molar-refractivity contribution in [1.82, 2.24) is 4.90 Å². The van der Waals surface area contributed by atoms with E-state index in [9.17, 15) is 18.0 Å². The second kappa shape index (κ2) is 6.34. The van der Waals surface area contributed by atoms with Crippen LogP contribution in [0.25, 0.3) is 0 Å². The number of hydrogen-bond donors (Lipinski definition) is 1. The monoisotopic (exact) mass is 337 g/mol. The quantitative estimate of drug-likeness (QED) is 0.917. The summed E-state index contributed by atoms with van der Waals surface area (Å²) in [6.07, 6.45) is -4.53. The zero-order chi connectivity index (χ0) is 16.5. The van der Waals surface area contributed by atoms with E-state index in [1.54, 1.807) is 18.2 Å². The van der Waals surface area contributed by atoms with Crippen molar-refractivity contribution in [3.63, 3.8) is 0 Å². The summed E-state index contributed by atoms with van der Waals surface area (Å²) in [6, 6.07) is 4.90. The van der Waals surface area contributed by atoms with Crippen LogP contribution in [0.3, 0.4) is 0 Å². The third kappa shape index (κ3) is 3.64. The van der Waals surface area contributed by atoms with Crippen molar-refractivity contribution in [3.05, 3.63) is 28.8 Å². The number of carboxylic acids is 1. The summed E-state index contributed by atoms with van der Waals surface area (Å²) in [5.41, 5.74) is 0.634. The number of carboxylic acid groups (broad SMARTS) is 1. The minimum Gasteiger partial charge on any atom is -0.497 e. The second-order valence-electron chi connectivity index (χ2n) is 5.24. The van der Waals surface area contributed by atoms with Gasteiger partial charge in [0.2, 0.25) is 0 Å². The summed E-state index contributed by atoms with van der Waals surface area (Å²) < 4.78 is 43.8. The summed E-state index contributed by atoms with van der Waals surface area (Å²) in [7, 11) is 1.48. The van der Waals surface area contributed by atoms with E-state index in [-0.39, 0.29) is 19.6 Å². The summed E-state index contributed by atoms with van der Waals surface area (Å²) >= 11 is 6.07. The molecular formula is C14H15ClF3NO3. The summed E-state index contributed by atoms with van der Waals surface area (Å²) in [4.78, 5) is 12.5. The van der Waals surface area contributed by atoms with Crippen molar-refractivity contribution in [1.29, 1.82) is 0 Å². The predicted molar refractivity (Wildman–Crippen MR) is 74.0 cm³/mol. The van der Waals surface area contributed by atoms with Gasteiger partial charge in [-0.3, -0.25) is 9.69 Å². The number of aliphatic carboxylic acids is 1. The number of halogens is 4. The normalized spacial score (nSPS) is 22.8. The fourth-order valence-electron chi connectivity index (χ4n) is 2.62. The van der Waals surface area contributed by atoms with Crippen molar-refractivity contribution < 1.29 is 27.8 Å². The van der Waals surface area contributed by atoms with E-state index in [0.29, 0.717) is 16.3 Å². The van der Waals surface area contributed by atoms with E-state index >= 15 is 0 Å². The van der Waals surface area contributed by atoms with Crippen LogP contribution in [0.4, 0.5) is 13.2 Å². The number of rotatable bonds is 4. The third-order valence-electron chi connectivity index (χ3n) is 3.79. The van der Waals surface area contributed by atoms with Crippen LogP contribution < -0.4 is 4.74 Å². The third-order valence-corrected chi connectivity index (χ3v) is 4.14. The Morgan fingerprint density at radius 2 is 2.14 bits per heavy atom. The number of benzene rings is 1. The van der Waals surface area contributed by atoms with E-state index in [1.165, 1.54) is 12.0 Å². The van der Waals surface area contributed by atoms with Gasteiger partial charge in [-0.1, -0.05) is 17.7 Å². The first-order valence-electron chi connectivity index (χ1n) is 6.56. The highest BCUT2D eigenvalue weighted by molar-refractivity contribution is 6.31. The molecule has 2 atom stereocenters. The number of alkyl halides is 3. The van der Waals surface area contributed by atoms with E-state index in [2.05, 4.69) is 0 Å². The van der Waals surface area contributed by atoms with Gasteiger partial charge in [-0.05, 0) is 17.7 Å². The molecule has 1 saturated heterocycles. The molecule has 1 aromatic carbocycles. The van der Waals surface area contributed by atoms with Gasteiger partial charge in [-0.2, -0.15) is 13.2 Å². The molecule has 1 heterocycles. The molecule has 0 unspecified atom stereocenters. The average molecular weight is 338 g/mol. The molecule has 4 nitrogen and oxygen atoms in total. The highest BCUT2D eigenvalue weighted by Crippen LogP contribution is 2.38. The number of ether oxygens (including phenoxy) is 1. The van der Waals surface area contributed by atoms with Gasteiger partial charge in [0.15, 0.2) is 0 Å². The molecule has 1 aromatic rings. The molecule has 0 saturated carbocycles. The van der Waals surface area contributed by atoms with E-state index in [1.807, 2.05) is 0 Å². The molecule has 1 aliphatic heterocycles. The van der Waals surface area contributed by atoms with Gasteiger partial charge in [0.1, 0.15) is 5.75 Å². The minimum atomic E-state index is -4.53. The van der Waals surface area contributed by atoms with Gasteiger partial charge in [0.25, 0.3) is 0 Å². The van der Waals surface area contributed by atoms with Crippen molar-refractivity contribution in [2.24, 2.45) is 11.8 Å². The molecule has 2 rings (SSSR count). The molecule has 122 valence electrons. The second-order valence-corrected chi connectivity index (χ2v) is 5.65. The first-order chi connectivity index (χ1) is 10.2. The minimum absolute atomic E-state index is 0.151. The van der Waals surface area contributed by atoms with Gasteiger partial charge in [-0.15, -0.1) is 0 Å². The van der Waals surface area contributed by atoms with Gasteiger partial charge >= 0.3 is 12.1 Å². The molecule has 0 bridgehead atoms. The topological polar surface area (TPSA) is 49.8 Å². The Labute approximate surface area is 130 Å². The van der Waals surface area contributed by atoms with Crippen LogP contribution in [0.15, 0.2) is 18.2 Å². The van der Waals surface area contributed by atoms with Crippen LogP contribution >= 0.6 is 11.6 Å². The van der Waals surface area contributed by atoms with E-state index in [4.69, 9.17) is 21.4 Å². The Balaban J connectivity index is 2.13. The SMILES string of the molecule is COc1ccc(CN2C[C@@H](C(F)(F)F)[C@H](C(=O)O)C2)c(Cl)c1. The average Bonchev–Trinajstić information content (AvgIpc) is 2.85. The molecular weight excluding hydrogens is 323 g/mol. The highest BCUT2D eigenvalue weighted by atomic mass is 35.5. The maximum atomic E-state index is 12.9. The van der Waals surface area contributed by atoms with Crippen LogP contribution in [-0.4, -0.2) is 42.4 Å². The van der Waals surface area contributed by atoms with Crippen molar-refractivity contribution in [3.8, 4) is 5.75 Å². The Kier molecular flexibility index (Phi) is 4.87. The number of hydrogen-bond acceptors (Lipinski definition) is 3. The van der Waals surface area contributed by atoms with Crippen molar-refractivity contribution in [2.45, 2.75) is 12.7 Å². The van der Waals surface area contributed by atoms with Gasteiger partial charge < -0.3 is 9.84 Å². The fourth-order valence-corrected chi connectivity index (χ4v) is 2.85. The lowest BCUT2D eigenvalue weighted by Crippen LogP contribution is -2.33. The first-order valence-corrected chi connectivity index (χ1v) is 6.94. The maximum Gasteiger partial charge on any atom is 0.393 e. The van der Waals surface area contributed by atoms with Crippen LogP contribution in [0.5, 0.6) is 5.75 Å². The zero-order valence-corrected chi connectivity index (χ0v) is 12.5. The van der Waals surface area contributed by atoms with Crippen LogP contribution in [0.2, 0.25) is 5.02 Å².